The third kappa shape index (κ3) is 6.58. The Hall–Kier alpha value is -3.40. The summed E-state index contributed by atoms with van der Waals surface area (Å²) in [5.41, 5.74) is 0.820. The molecule has 2 aliphatic rings. The summed E-state index contributed by atoms with van der Waals surface area (Å²) in [6.45, 7) is 4.88. The molecule has 216 valence electrons. The molecule has 0 spiro atoms. The number of ether oxygens (including phenoxy) is 1. The largest absolute Gasteiger partial charge is 0.375 e. The number of benzene rings is 1. The standard InChI is InChI=1S/C26H28Br2N8O5/c1-14-11-34(12-15(2)41-14)26(38)19-6-16(27)7-22(36(39)40)23(19)31-17-8-21(30-9-17)25(37)32-24-20(28)13-35(33-24)18-4-3-5-29-10-18/h3-7,10,13-15,17,21,30-31H,8-9,11-12H2,1-2H3,(H,32,33,37)/t14-,15+,17-,21+/m1/s1. The van der Waals surface area contributed by atoms with E-state index in [0.717, 1.165) is 5.69 Å². The van der Waals surface area contributed by atoms with E-state index < -0.39 is 11.0 Å². The van der Waals surface area contributed by atoms with Gasteiger partial charge in [0.25, 0.3) is 11.6 Å². The lowest BCUT2D eigenvalue weighted by atomic mass is 10.1. The molecule has 2 aromatic heterocycles. The molecular formula is C26H28Br2N8O5. The van der Waals surface area contributed by atoms with Gasteiger partial charge in [-0.15, -0.1) is 5.10 Å². The minimum atomic E-state index is -0.586. The van der Waals surface area contributed by atoms with Crippen molar-refractivity contribution in [1.82, 2.24) is 25.0 Å². The Balaban J connectivity index is 1.31. The molecule has 0 unspecified atom stereocenters. The molecule has 2 saturated heterocycles. The number of nitro groups is 1. The van der Waals surface area contributed by atoms with E-state index in [2.05, 4.69) is 57.9 Å². The Kier molecular flexibility index (Phi) is 8.68. The first kappa shape index (κ1) is 29.1. The van der Waals surface area contributed by atoms with Crippen LogP contribution in [0.25, 0.3) is 5.69 Å². The van der Waals surface area contributed by atoms with Gasteiger partial charge in [0, 0.05) is 48.6 Å². The van der Waals surface area contributed by atoms with Gasteiger partial charge < -0.3 is 25.6 Å². The Morgan fingerprint density at radius 1 is 1.22 bits per heavy atom. The monoisotopic (exact) mass is 690 g/mol. The van der Waals surface area contributed by atoms with Gasteiger partial charge in [0.15, 0.2) is 5.82 Å². The van der Waals surface area contributed by atoms with Gasteiger partial charge in [-0.3, -0.25) is 24.7 Å². The number of halogens is 2. The predicted molar refractivity (Wildman–Crippen MR) is 158 cm³/mol. The zero-order valence-electron chi connectivity index (χ0n) is 22.2. The number of rotatable bonds is 7. The van der Waals surface area contributed by atoms with Crippen molar-refractivity contribution >= 4 is 60.9 Å². The number of aromatic nitrogens is 3. The van der Waals surface area contributed by atoms with Gasteiger partial charge in [0.1, 0.15) is 5.69 Å². The first-order valence-electron chi connectivity index (χ1n) is 13.0. The van der Waals surface area contributed by atoms with Gasteiger partial charge in [-0.05, 0) is 54.4 Å². The lowest BCUT2D eigenvalue weighted by Crippen LogP contribution is -2.48. The van der Waals surface area contributed by atoms with Crippen molar-refractivity contribution in [3.05, 3.63) is 67.5 Å². The van der Waals surface area contributed by atoms with Crippen LogP contribution in [0.3, 0.4) is 0 Å². The van der Waals surface area contributed by atoms with Crippen LogP contribution >= 0.6 is 31.9 Å². The second kappa shape index (κ2) is 12.2. The molecule has 2 amide bonds. The molecule has 41 heavy (non-hydrogen) atoms. The summed E-state index contributed by atoms with van der Waals surface area (Å²) < 4.78 is 8.37. The molecule has 5 rings (SSSR count). The number of nitrogens with zero attached hydrogens (tertiary/aromatic N) is 5. The summed E-state index contributed by atoms with van der Waals surface area (Å²) >= 11 is 6.75. The average molecular weight is 692 g/mol. The zero-order chi connectivity index (χ0) is 29.3. The van der Waals surface area contributed by atoms with Crippen molar-refractivity contribution in [2.45, 2.75) is 44.6 Å². The summed E-state index contributed by atoms with van der Waals surface area (Å²) in [5.74, 6) is -0.278. The molecule has 3 aromatic rings. The van der Waals surface area contributed by atoms with Gasteiger partial charge in [0.2, 0.25) is 5.91 Å². The molecule has 0 saturated carbocycles. The number of morpholine rings is 1. The molecule has 0 radical (unpaired) electrons. The predicted octanol–water partition coefficient (Wildman–Crippen LogP) is 3.73. The fourth-order valence-electron chi connectivity index (χ4n) is 5.08. The number of hydrogen-bond donors (Lipinski definition) is 3. The summed E-state index contributed by atoms with van der Waals surface area (Å²) in [6, 6.07) is 5.65. The zero-order valence-corrected chi connectivity index (χ0v) is 25.4. The second-order valence-corrected chi connectivity index (χ2v) is 11.9. The number of hydrogen-bond acceptors (Lipinski definition) is 9. The molecule has 2 aliphatic heterocycles. The minimum absolute atomic E-state index is 0.126. The van der Waals surface area contributed by atoms with Crippen LogP contribution < -0.4 is 16.0 Å². The topological polar surface area (TPSA) is 157 Å². The number of anilines is 2. The van der Waals surface area contributed by atoms with Gasteiger partial charge in [0.05, 0.1) is 45.1 Å². The van der Waals surface area contributed by atoms with Gasteiger partial charge in [-0.25, -0.2) is 4.68 Å². The van der Waals surface area contributed by atoms with Crippen LogP contribution in [-0.4, -0.2) is 80.3 Å². The number of nitrogens with one attached hydrogen (secondary N) is 3. The van der Waals surface area contributed by atoms with E-state index in [0.29, 0.717) is 40.8 Å². The highest BCUT2D eigenvalue weighted by Crippen LogP contribution is 2.35. The quantitative estimate of drug-likeness (QED) is 0.248. The summed E-state index contributed by atoms with van der Waals surface area (Å²) in [5, 5.41) is 25.6. The molecule has 0 bridgehead atoms. The lowest BCUT2D eigenvalue weighted by molar-refractivity contribution is -0.384. The number of pyridine rings is 1. The number of carbonyl (C=O) groups is 2. The van der Waals surface area contributed by atoms with Crippen LogP contribution in [-0.2, 0) is 9.53 Å². The number of carbonyl (C=O) groups excluding carboxylic acids is 2. The maximum atomic E-state index is 13.6. The van der Waals surface area contributed by atoms with Crippen molar-refractivity contribution in [3.8, 4) is 5.69 Å². The SMILES string of the molecule is C[C@@H]1CN(C(=O)c2cc(Br)cc([N+](=O)[O-])c2N[C@H]2CN[C@H](C(=O)Nc3nn(-c4cccnc4)cc3Br)C2)C[C@H](C)O1. The van der Waals surface area contributed by atoms with Gasteiger partial charge >= 0.3 is 0 Å². The van der Waals surface area contributed by atoms with E-state index in [-0.39, 0.29) is 47.0 Å². The normalized spacial score (nSPS) is 22.4. The van der Waals surface area contributed by atoms with Crippen LogP contribution in [0.15, 0.2) is 51.8 Å². The van der Waals surface area contributed by atoms with Gasteiger partial charge in [-0.1, -0.05) is 15.9 Å². The van der Waals surface area contributed by atoms with Crippen LogP contribution in [0.2, 0.25) is 0 Å². The van der Waals surface area contributed by atoms with E-state index >= 15 is 0 Å². The summed E-state index contributed by atoms with van der Waals surface area (Å²) in [7, 11) is 0. The molecule has 15 heteroatoms. The van der Waals surface area contributed by atoms with Crippen molar-refractivity contribution in [2.24, 2.45) is 0 Å². The van der Waals surface area contributed by atoms with Crippen LogP contribution in [0.4, 0.5) is 17.2 Å². The molecule has 2 fully saturated rings. The van der Waals surface area contributed by atoms with Gasteiger partial charge in [-0.2, -0.15) is 0 Å². The fraction of sp³-hybridized carbons (Fsp3) is 0.385. The molecule has 3 N–H and O–H groups in total. The Morgan fingerprint density at radius 3 is 2.66 bits per heavy atom. The summed E-state index contributed by atoms with van der Waals surface area (Å²) in [4.78, 5) is 44.0. The van der Waals surface area contributed by atoms with Crippen molar-refractivity contribution in [3.63, 3.8) is 0 Å². The van der Waals surface area contributed by atoms with E-state index in [1.807, 2.05) is 19.9 Å². The average Bonchev–Trinajstić information content (AvgIpc) is 3.55. The highest BCUT2D eigenvalue weighted by Gasteiger charge is 2.35. The highest BCUT2D eigenvalue weighted by atomic mass is 79.9. The number of amides is 2. The number of nitro benzene ring substituents is 1. The molecule has 1 aromatic carbocycles. The van der Waals surface area contributed by atoms with Crippen LogP contribution in [0.1, 0.15) is 30.6 Å². The molecule has 4 atom stereocenters. The third-order valence-corrected chi connectivity index (χ3v) is 7.87. The Bertz CT molecular complexity index is 1460. The first-order valence-corrected chi connectivity index (χ1v) is 14.6. The summed E-state index contributed by atoms with van der Waals surface area (Å²) in [6.07, 6.45) is 5.05. The van der Waals surface area contributed by atoms with E-state index in [9.17, 15) is 19.7 Å². The third-order valence-electron chi connectivity index (χ3n) is 6.83. The smallest absolute Gasteiger partial charge is 0.294 e. The lowest BCUT2D eigenvalue weighted by Gasteiger charge is -2.35. The Morgan fingerprint density at radius 2 is 1.98 bits per heavy atom. The minimum Gasteiger partial charge on any atom is -0.375 e. The first-order chi connectivity index (χ1) is 19.6. The van der Waals surface area contributed by atoms with E-state index in [1.165, 1.54) is 6.07 Å². The fourth-order valence-corrected chi connectivity index (χ4v) is 5.90. The van der Waals surface area contributed by atoms with E-state index in [1.54, 1.807) is 40.3 Å². The highest BCUT2D eigenvalue weighted by molar-refractivity contribution is 9.10. The Labute approximate surface area is 252 Å². The van der Waals surface area contributed by atoms with Crippen LogP contribution in [0.5, 0.6) is 0 Å². The van der Waals surface area contributed by atoms with Crippen LogP contribution in [0, 0.1) is 10.1 Å². The second-order valence-electron chi connectivity index (χ2n) is 10.1. The van der Waals surface area contributed by atoms with Crippen molar-refractivity contribution in [1.29, 1.82) is 0 Å². The molecule has 13 nitrogen and oxygen atoms in total. The van der Waals surface area contributed by atoms with Crippen molar-refractivity contribution < 1.29 is 19.2 Å². The maximum Gasteiger partial charge on any atom is 0.294 e. The molecular weight excluding hydrogens is 664 g/mol. The molecule has 0 aliphatic carbocycles. The molecule has 4 heterocycles. The maximum absolute atomic E-state index is 13.6. The van der Waals surface area contributed by atoms with E-state index in [4.69, 9.17) is 4.74 Å². The van der Waals surface area contributed by atoms with Crippen molar-refractivity contribution in [2.75, 3.05) is 30.3 Å².